The van der Waals surface area contributed by atoms with Crippen LogP contribution in [0.1, 0.15) is 16.1 Å². The minimum atomic E-state index is -4.70. The number of carbonyl (C=O) groups is 2. The number of nitrogens with one attached hydrogen (secondary N) is 3. The molecule has 0 saturated heterocycles. The second-order valence-electron chi connectivity index (χ2n) is 7.81. The molecule has 3 amide bonds. The summed E-state index contributed by atoms with van der Waals surface area (Å²) in [4.78, 5) is 27.3. The smallest absolute Gasteiger partial charge is 0.364 e. The van der Waals surface area contributed by atoms with Gasteiger partial charge in [0.25, 0.3) is 5.91 Å². The first kappa shape index (κ1) is 24.5. The molecular formula is C24H19F4N5O3. The van der Waals surface area contributed by atoms with Crippen LogP contribution in [-0.2, 0) is 6.18 Å². The number of primary amides is 1. The summed E-state index contributed by atoms with van der Waals surface area (Å²) in [7, 11) is 1.43. The third-order valence-electron chi connectivity index (χ3n) is 5.38. The van der Waals surface area contributed by atoms with Crippen molar-refractivity contribution in [3.8, 4) is 11.1 Å². The highest BCUT2D eigenvalue weighted by Gasteiger charge is 2.31. The number of amides is 3. The summed E-state index contributed by atoms with van der Waals surface area (Å²) in [6, 6.07) is 12.0. The lowest BCUT2D eigenvalue weighted by Gasteiger charge is -2.12. The molecule has 0 fully saturated rings. The maximum atomic E-state index is 13.9. The molecule has 4 aromatic rings. The van der Waals surface area contributed by atoms with E-state index in [1.54, 1.807) is 30.3 Å². The molecular weight excluding hydrogens is 482 g/mol. The van der Waals surface area contributed by atoms with Gasteiger partial charge in [0, 0.05) is 23.7 Å². The van der Waals surface area contributed by atoms with Crippen LogP contribution in [0.5, 0.6) is 0 Å². The highest BCUT2D eigenvalue weighted by Crippen LogP contribution is 2.37. The van der Waals surface area contributed by atoms with E-state index in [4.69, 9.17) is 5.73 Å². The summed E-state index contributed by atoms with van der Waals surface area (Å²) in [5, 5.41) is 15.9. The molecule has 0 aliphatic carbocycles. The maximum Gasteiger partial charge on any atom is 0.416 e. The van der Waals surface area contributed by atoms with Gasteiger partial charge in [-0.3, -0.25) is 15.1 Å². The zero-order valence-electron chi connectivity index (χ0n) is 18.6. The predicted octanol–water partition coefficient (Wildman–Crippen LogP) is 5.56. The van der Waals surface area contributed by atoms with Gasteiger partial charge in [-0.05, 0) is 42.0 Å². The number of para-hydroxylation sites is 1. The monoisotopic (exact) mass is 501 g/mol. The number of aromatic nitrogens is 1. The van der Waals surface area contributed by atoms with Crippen molar-refractivity contribution in [2.75, 3.05) is 22.7 Å². The highest BCUT2D eigenvalue weighted by atomic mass is 19.4. The van der Waals surface area contributed by atoms with Crippen LogP contribution in [-0.4, -0.2) is 29.2 Å². The van der Waals surface area contributed by atoms with Crippen molar-refractivity contribution in [2.24, 2.45) is 5.73 Å². The zero-order valence-corrected chi connectivity index (χ0v) is 18.6. The normalized spacial score (nSPS) is 11.4. The van der Waals surface area contributed by atoms with Gasteiger partial charge < -0.3 is 21.4 Å². The van der Waals surface area contributed by atoms with Crippen LogP contribution in [0.2, 0.25) is 0 Å². The molecule has 0 radical (unpaired) electrons. The first-order chi connectivity index (χ1) is 17.0. The van der Waals surface area contributed by atoms with Gasteiger partial charge in [-0.25, -0.2) is 9.18 Å². The van der Waals surface area contributed by atoms with Gasteiger partial charge in [0.1, 0.15) is 11.5 Å². The molecule has 0 atom stereocenters. The number of anilines is 3. The van der Waals surface area contributed by atoms with E-state index in [2.05, 4.69) is 15.6 Å². The second-order valence-corrected chi connectivity index (χ2v) is 7.81. The van der Waals surface area contributed by atoms with Gasteiger partial charge in [-0.15, -0.1) is 0 Å². The number of nitrogens with zero attached hydrogens (tertiary/aromatic N) is 1. The fraction of sp³-hybridized carbons (Fsp3) is 0.0833. The maximum absolute atomic E-state index is 13.9. The van der Waals surface area contributed by atoms with Gasteiger partial charge in [-0.1, -0.05) is 24.3 Å². The van der Waals surface area contributed by atoms with Crippen LogP contribution in [0.4, 0.5) is 39.4 Å². The van der Waals surface area contributed by atoms with E-state index in [1.807, 2.05) is 0 Å². The van der Waals surface area contributed by atoms with E-state index in [0.717, 1.165) is 5.06 Å². The Morgan fingerprint density at radius 2 is 1.72 bits per heavy atom. The first-order valence-corrected chi connectivity index (χ1v) is 10.4. The predicted molar refractivity (Wildman–Crippen MR) is 126 cm³/mol. The summed E-state index contributed by atoms with van der Waals surface area (Å²) in [6.07, 6.45) is -4.70. The van der Waals surface area contributed by atoms with E-state index in [9.17, 15) is 32.4 Å². The molecule has 6 N–H and O–H groups in total. The fourth-order valence-electron chi connectivity index (χ4n) is 3.76. The molecule has 1 aromatic heterocycles. The summed E-state index contributed by atoms with van der Waals surface area (Å²) in [5.41, 5.74) is 6.10. The van der Waals surface area contributed by atoms with Crippen LogP contribution in [0.3, 0.4) is 0 Å². The SMILES string of the molecule is CN(O)c1cccc2c(-c3ccc(NC(=O)Nc4cc(C(F)(F)F)ccc4F)cc3)c(C(N)=O)[nH]c12. The fourth-order valence-corrected chi connectivity index (χ4v) is 3.76. The number of alkyl halides is 3. The number of carbonyl (C=O) groups excluding carboxylic acids is 2. The third kappa shape index (κ3) is 4.79. The lowest BCUT2D eigenvalue weighted by molar-refractivity contribution is -0.137. The van der Waals surface area contributed by atoms with E-state index in [1.165, 1.54) is 19.2 Å². The Bertz CT molecular complexity index is 1460. The Kier molecular flexibility index (Phi) is 6.29. The number of benzene rings is 3. The molecule has 0 unspecified atom stereocenters. The average Bonchev–Trinajstić information content (AvgIpc) is 3.20. The zero-order chi connectivity index (χ0) is 26.2. The van der Waals surface area contributed by atoms with E-state index in [0.29, 0.717) is 45.9 Å². The number of aromatic amines is 1. The number of hydrogen-bond donors (Lipinski definition) is 5. The lowest BCUT2D eigenvalue weighted by atomic mass is 10.0. The topological polar surface area (TPSA) is 123 Å². The van der Waals surface area contributed by atoms with Crippen LogP contribution >= 0.6 is 0 Å². The minimum absolute atomic E-state index is 0.109. The molecule has 0 saturated carbocycles. The van der Waals surface area contributed by atoms with Gasteiger partial charge in [-0.2, -0.15) is 13.2 Å². The van der Waals surface area contributed by atoms with Crippen molar-refractivity contribution in [3.05, 3.63) is 77.7 Å². The molecule has 0 spiro atoms. The Hall–Kier alpha value is -4.58. The van der Waals surface area contributed by atoms with Gasteiger partial charge >= 0.3 is 12.2 Å². The Balaban J connectivity index is 1.59. The molecule has 3 aromatic carbocycles. The quantitative estimate of drug-likeness (QED) is 0.181. The van der Waals surface area contributed by atoms with Crippen LogP contribution in [0.25, 0.3) is 22.0 Å². The van der Waals surface area contributed by atoms with Crippen LogP contribution in [0, 0.1) is 5.82 Å². The molecule has 8 nitrogen and oxygen atoms in total. The third-order valence-corrected chi connectivity index (χ3v) is 5.38. The lowest BCUT2D eigenvalue weighted by Crippen LogP contribution is -2.20. The number of halogens is 4. The second kappa shape index (κ2) is 9.23. The van der Waals surface area contributed by atoms with Gasteiger partial charge in [0.05, 0.1) is 22.5 Å². The van der Waals surface area contributed by atoms with E-state index < -0.39 is 35.2 Å². The molecule has 186 valence electrons. The number of urea groups is 1. The van der Waals surface area contributed by atoms with Gasteiger partial charge in [0.15, 0.2) is 0 Å². The first-order valence-electron chi connectivity index (χ1n) is 10.4. The van der Waals surface area contributed by atoms with Crippen molar-refractivity contribution in [3.63, 3.8) is 0 Å². The van der Waals surface area contributed by atoms with E-state index in [-0.39, 0.29) is 11.4 Å². The molecule has 0 bridgehead atoms. The Labute approximate surface area is 201 Å². The average molecular weight is 501 g/mol. The number of H-pyrrole nitrogens is 1. The summed E-state index contributed by atoms with van der Waals surface area (Å²) >= 11 is 0. The molecule has 4 rings (SSSR count). The summed E-state index contributed by atoms with van der Waals surface area (Å²) in [5.74, 6) is -1.75. The van der Waals surface area contributed by atoms with Crippen molar-refractivity contribution < 1.29 is 32.4 Å². The molecule has 1 heterocycles. The highest BCUT2D eigenvalue weighted by molar-refractivity contribution is 6.12. The van der Waals surface area contributed by atoms with Crippen molar-refractivity contribution in [2.45, 2.75) is 6.18 Å². The van der Waals surface area contributed by atoms with Crippen molar-refractivity contribution in [1.29, 1.82) is 0 Å². The van der Waals surface area contributed by atoms with Crippen LogP contribution in [0.15, 0.2) is 60.7 Å². The van der Waals surface area contributed by atoms with Crippen LogP contribution < -0.4 is 21.4 Å². The van der Waals surface area contributed by atoms with Crippen molar-refractivity contribution >= 4 is 39.9 Å². The number of nitrogens with two attached hydrogens (primary N) is 1. The Morgan fingerprint density at radius 1 is 1.03 bits per heavy atom. The number of hydroxylamine groups is 1. The van der Waals surface area contributed by atoms with Crippen molar-refractivity contribution in [1.82, 2.24) is 4.98 Å². The molecule has 36 heavy (non-hydrogen) atoms. The molecule has 0 aliphatic rings. The summed E-state index contributed by atoms with van der Waals surface area (Å²) in [6.45, 7) is 0. The van der Waals surface area contributed by atoms with Gasteiger partial charge in [0.2, 0.25) is 0 Å². The largest absolute Gasteiger partial charge is 0.416 e. The molecule has 0 aliphatic heterocycles. The minimum Gasteiger partial charge on any atom is -0.364 e. The number of rotatable bonds is 5. The molecule has 12 heteroatoms. The number of hydrogen-bond acceptors (Lipinski definition) is 4. The van der Waals surface area contributed by atoms with E-state index >= 15 is 0 Å². The summed E-state index contributed by atoms with van der Waals surface area (Å²) < 4.78 is 52.5. The standard InChI is InChI=1S/C24H19F4N5O3/c1-33(36)18-4-2-3-15-19(21(22(29)34)32-20(15)18)12-5-8-14(9-6-12)30-23(35)31-17-11-13(24(26,27)28)7-10-16(17)25/h2-11,32,36H,1H3,(H2,29,34)(H2,30,31,35). The Morgan fingerprint density at radius 3 is 2.33 bits per heavy atom. The number of fused-ring (bicyclic) bond motifs is 1.